The molecule has 1 saturated carbocycles. The summed E-state index contributed by atoms with van der Waals surface area (Å²) in [7, 11) is 1.94. The fourth-order valence-corrected chi connectivity index (χ4v) is 7.42. The minimum atomic E-state index is -0.00433. The van der Waals surface area contributed by atoms with Gasteiger partial charge >= 0.3 is 0 Å². The number of hydrogen-bond donors (Lipinski definition) is 2. The first-order valence-electron chi connectivity index (χ1n) is 19.1. The van der Waals surface area contributed by atoms with E-state index in [2.05, 4.69) is 125 Å². The van der Waals surface area contributed by atoms with Gasteiger partial charge in [-0.2, -0.15) is 11.8 Å². The van der Waals surface area contributed by atoms with Gasteiger partial charge in [-0.15, -0.1) is 6.42 Å². The molecular weight excluding hydrogens is 633 g/mol. The molecule has 0 aromatic heterocycles. The van der Waals surface area contributed by atoms with Crippen LogP contribution in [0.5, 0.6) is 0 Å². The molecule has 2 N–H and O–H groups in total. The van der Waals surface area contributed by atoms with Gasteiger partial charge in [0.15, 0.2) is 0 Å². The number of benzene rings is 1. The van der Waals surface area contributed by atoms with Gasteiger partial charge in [-0.1, -0.05) is 134 Å². The predicted molar refractivity (Wildman–Crippen MR) is 222 cm³/mol. The van der Waals surface area contributed by atoms with Crippen molar-refractivity contribution < 1.29 is 4.79 Å². The van der Waals surface area contributed by atoms with Crippen molar-refractivity contribution in [3.63, 3.8) is 0 Å². The Bertz CT molecular complexity index is 1170. The summed E-state index contributed by atoms with van der Waals surface area (Å²) in [5.74, 6) is 5.03. The molecule has 0 saturated heterocycles. The van der Waals surface area contributed by atoms with Crippen LogP contribution in [0.3, 0.4) is 0 Å². The number of terminal acetylenes is 1. The summed E-state index contributed by atoms with van der Waals surface area (Å²) in [5, 5.41) is 7.95. The summed E-state index contributed by atoms with van der Waals surface area (Å²) in [6.07, 6.45) is 17.6. The highest BCUT2D eigenvalue weighted by Crippen LogP contribution is 2.31. The van der Waals surface area contributed by atoms with E-state index < -0.39 is 0 Å². The quantitative estimate of drug-likeness (QED) is 0.0830. The van der Waals surface area contributed by atoms with Gasteiger partial charge < -0.3 is 15.5 Å². The Morgan fingerprint density at radius 1 is 1.08 bits per heavy atom. The Morgan fingerprint density at radius 3 is 2.32 bits per heavy atom. The lowest BCUT2D eigenvalue weighted by Crippen LogP contribution is -2.41. The van der Waals surface area contributed by atoms with Crippen molar-refractivity contribution in [2.45, 2.75) is 110 Å². The summed E-state index contributed by atoms with van der Waals surface area (Å²) in [6.45, 7) is 31.6. The third-order valence-electron chi connectivity index (χ3n) is 9.34. The number of carbonyl (C=O) groups excluding carboxylic acids is 1. The van der Waals surface area contributed by atoms with Crippen LogP contribution in [0.25, 0.3) is 0 Å². The van der Waals surface area contributed by atoms with Crippen molar-refractivity contribution in [3.05, 3.63) is 85.3 Å². The summed E-state index contributed by atoms with van der Waals surface area (Å²) >= 11 is 2.08. The highest BCUT2D eigenvalue weighted by molar-refractivity contribution is 7.99. The lowest BCUT2D eigenvalue weighted by atomic mass is 9.84. The number of hydrogen-bond acceptors (Lipinski definition) is 5. The van der Waals surface area contributed by atoms with E-state index in [0.717, 1.165) is 61.8 Å². The molecule has 5 nitrogen and oxygen atoms in total. The second-order valence-electron chi connectivity index (χ2n) is 14.8. The molecule has 1 aliphatic rings. The molecule has 0 bridgehead atoms. The molecule has 1 aromatic carbocycles. The number of likely N-dealkylation sites (N-methyl/N-ethyl adjacent to an activating group) is 1. The van der Waals surface area contributed by atoms with Crippen molar-refractivity contribution in [2.24, 2.45) is 17.8 Å². The first kappa shape index (κ1) is 45.1. The maximum atomic E-state index is 13.5. The van der Waals surface area contributed by atoms with Crippen LogP contribution in [0.1, 0.15) is 98.0 Å². The monoisotopic (exact) mass is 705 g/mol. The van der Waals surface area contributed by atoms with Crippen molar-refractivity contribution in [3.8, 4) is 12.3 Å². The highest BCUT2D eigenvalue weighted by Gasteiger charge is 2.25. The summed E-state index contributed by atoms with van der Waals surface area (Å²) in [4.78, 5) is 17.9. The molecule has 1 aromatic rings. The van der Waals surface area contributed by atoms with Crippen molar-refractivity contribution in [1.29, 1.82) is 0 Å². The maximum absolute atomic E-state index is 13.5. The van der Waals surface area contributed by atoms with Gasteiger partial charge in [0.05, 0.1) is 6.54 Å². The van der Waals surface area contributed by atoms with E-state index in [-0.39, 0.29) is 11.8 Å². The summed E-state index contributed by atoms with van der Waals surface area (Å²) in [5.41, 5.74) is 4.30. The van der Waals surface area contributed by atoms with E-state index in [0.29, 0.717) is 36.7 Å². The molecule has 2 rings (SSSR count). The van der Waals surface area contributed by atoms with Crippen LogP contribution in [-0.4, -0.2) is 72.5 Å². The van der Waals surface area contributed by atoms with E-state index in [1.54, 1.807) is 0 Å². The Morgan fingerprint density at radius 2 is 1.74 bits per heavy atom. The molecule has 1 aliphatic carbocycles. The second-order valence-corrected chi connectivity index (χ2v) is 16.2. The van der Waals surface area contributed by atoms with E-state index in [9.17, 15) is 4.79 Å². The Hall–Kier alpha value is -2.88. The largest absolute Gasteiger partial charge is 0.384 e. The zero-order valence-electron chi connectivity index (χ0n) is 32.8. The third kappa shape index (κ3) is 20.7. The summed E-state index contributed by atoms with van der Waals surface area (Å²) < 4.78 is 0. The van der Waals surface area contributed by atoms with Crippen LogP contribution in [0.2, 0.25) is 0 Å². The number of amides is 1. The smallest absolute Gasteiger partial charge is 0.223 e. The van der Waals surface area contributed by atoms with Crippen molar-refractivity contribution in [1.82, 2.24) is 20.4 Å². The average molecular weight is 705 g/mol. The molecule has 3 atom stereocenters. The van der Waals surface area contributed by atoms with E-state index in [4.69, 9.17) is 0 Å². The number of carbonyl (C=O) groups is 1. The van der Waals surface area contributed by atoms with Gasteiger partial charge in [0.2, 0.25) is 5.91 Å². The molecule has 0 radical (unpaired) electrons. The molecule has 0 spiro atoms. The third-order valence-corrected chi connectivity index (χ3v) is 11.1. The van der Waals surface area contributed by atoms with Gasteiger partial charge in [0, 0.05) is 61.7 Å². The van der Waals surface area contributed by atoms with Gasteiger partial charge in [-0.05, 0) is 62.0 Å². The predicted octanol–water partition coefficient (Wildman–Crippen LogP) is 9.50. The highest BCUT2D eigenvalue weighted by atomic mass is 32.2. The first-order valence-corrected chi connectivity index (χ1v) is 20.1. The van der Waals surface area contributed by atoms with Crippen LogP contribution in [-0.2, 0) is 11.2 Å². The lowest BCUT2D eigenvalue weighted by molar-refractivity contribution is -0.130. The minimum absolute atomic E-state index is 0.00433. The van der Waals surface area contributed by atoms with Gasteiger partial charge in [-0.25, -0.2) is 0 Å². The molecule has 1 amide bonds. The number of allylic oxidation sites excluding steroid dienone is 2. The molecule has 1 unspecified atom stereocenters. The minimum Gasteiger partial charge on any atom is -0.384 e. The molecule has 50 heavy (non-hydrogen) atoms. The number of unbranched alkanes of at least 4 members (excludes halogenated alkanes) is 1. The van der Waals surface area contributed by atoms with Crippen LogP contribution < -0.4 is 10.6 Å². The van der Waals surface area contributed by atoms with E-state index in [1.807, 2.05) is 18.0 Å². The van der Waals surface area contributed by atoms with Gasteiger partial charge in [0.1, 0.15) is 0 Å². The van der Waals surface area contributed by atoms with Crippen molar-refractivity contribution in [2.75, 3.05) is 45.5 Å². The van der Waals surface area contributed by atoms with E-state index >= 15 is 0 Å². The first-order chi connectivity index (χ1) is 23.9. The number of thioether (sulfide) groups is 1. The Kier molecular flexibility index (Phi) is 24.3. The number of nitrogens with zero attached hydrogens (tertiary/aromatic N) is 2. The molecule has 280 valence electrons. The van der Waals surface area contributed by atoms with Crippen LogP contribution in [0, 0.1) is 30.1 Å². The molecular formula is C44H72N4OS. The zero-order chi connectivity index (χ0) is 37.3. The Labute approximate surface area is 312 Å². The molecule has 0 aliphatic heterocycles. The standard InChI is InChI=1S/C40H68N4OS.C4H4/c1-10-11-22-44(29-31(2)3)24-23-43(9)40(45)27-38(25-36-18-14-12-15-19-36)34(7)41-28-33(6)42-39(35(8)46-30-32(4)5)26-37-20-16-13-17-21-37;1-3-4-2/h12,14-15,18-19,32,35,37-39,41-42H,2,6-7,10-11,13,16-17,20-30H2,1,3-5,8-9H3;1,4H,2H2/t35?,38-,39+;/m1./s1. The number of rotatable bonds is 24. The van der Waals surface area contributed by atoms with E-state index in [1.165, 1.54) is 55.9 Å². The van der Waals surface area contributed by atoms with Gasteiger partial charge in [0.25, 0.3) is 0 Å². The lowest BCUT2D eigenvalue weighted by Gasteiger charge is -2.32. The van der Waals surface area contributed by atoms with Crippen LogP contribution in [0.4, 0.5) is 0 Å². The Balaban J connectivity index is 0.00000295. The SMILES string of the molecule is C#CC=C.C=C(C)CN(CCCC)CCN(C)C(=O)C[C@@H](Cc1ccccc1)C(=C)NCC(=C)N[C@@H](CC1CCCCC1)C(C)SCC(C)C. The topological polar surface area (TPSA) is 47.6 Å². The fourth-order valence-electron chi connectivity index (χ4n) is 6.32. The maximum Gasteiger partial charge on any atom is 0.223 e. The van der Waals surface area contributed by atoms with Crippen LogP contribution in [0.15, 0.2) is 79.7 Å². The summed E-state index contributed by atoms with van der Waals surface area (Å²) in [6, 6.07) is 10.9. The zero-order valence-corrected chi connectivity index (χ0v) is 33.6. The van der Waals surface area contributed by atoms with Crippen molar-refractivity contribution >= 4 is 17.7 Å². The normalized spacial score (nSPS) is 14.8. The molecule has 0 heterocycles. The molecule has 6 heteroatoms. The number of nitrogens with one attached hydrogen (secondary N) is 2. The fraction of sp³-hybridized carbons (Fsp3) is 0.614. The average Bonchev–Trinajstić information content (AvgIpc) is 3.10. The second kappa shape index (κ2) is 26.9. The molecule has 1 fully saturated rings. The van der Waals surface area contributed by atoms with Crippen LogP contribution >= 0.6 is 11.8 Å². The van der Waals surface area contributed by atoms with Gasteiger partial charge in [-0.3, -0.25) is 9.69 Å².